The predicted molar refractivity (Wildman–Crippen MR) is 77.4 cm³/mol. The van der Waals surface area contributed by atoms with Gasteiger partial charge in [0.2, 0.25) is 0 Å². The average Bonchev–Trinajstić information content (AvgIpc) is 2.49. The fourth-order valence-electron chi connectivity index (χ4n) is 2.69. The highest BCUT2D eigenvalue weighted by atomic mass is 14.2. The Kier molecular flexibility index (Phi) is 3.27. The molecule has 0 unspecified atom stereocenters. The Labute approximate surface area is 110 Å². The Morgan fingerprint density at radius 2 is 1.00 bits per heavy atom. The number of hydrogen-bond acceptors (Lipinski definition) is 0. The lowest BCUT2D eigenvalue weighted by atomic mass is 9.80. The standard InChI is InChI=1S/C18H18/c1-3-7-15(8-4-1)17-11-13-18(14-12-17)16-9-5-2-6-10-16/h1-18H. The minimum Gasteiger partial charge on any atom is -0.183 e. The topological polar surface area (TPSA) is 0 Å². The molecule has 0 radical (unpaired) electrons. The molecular formula is C18H18. The van der Waals surface area contributed by atoms with Gasteiger partial charge in [0.15, 0.2) is 0 Å². The summed E-state index contributed by atoms with van der Waals surface area (Å²) in [5.74, 6) is 2.08. The molecule has 0 aromatic rings. The van der Waals surface area contributed by atoms with Crippen LogP contribution in [0.15, 0.2) is 72.9 Å². The number of hydrogen-bond donors (Lipinski definition) is 0. The maximum atomic E-state index is 2.36. The maximum absolute atomic E-state index is 2.36. The first kappa shape index (κ1) is 11.3. The van der Waals surface area contributed by atoms with Crippen molar-refractivity contribution >= 4 is 0 Å². The van der Waals surface area contributed by atoms with Crippen molar-refractivity contribution in [3.05, 3.63) is 85.8 Å². The highest BCUT2D eigenvalue weighted by Crippen LogP contribution is 2.30. The summed E-state index contributed by atoms with van der Waals surface area (Å²) in [6.45, 7) is 0. The van der Waals surface area contributed by atoms with Crippen LogP contribution in [0, 0.1) is 36.5 Å². The second-order valence-corrected chi connectivity index (χ2v) is 5.00. The molecule has 90 valence electrons. The molecule has 0 heterocycles. The van der Waals surface area contributed by atoms with Gasteiger partial charge >= 0.3 is 0 Å². The summed E-state index contributed by atoms with van der Waals surface area (Å²) in [7, 11) is 0. The lowest BCUT2D eigenvalue weighted by Gasteiger charge is -2.27. The van der Waals surface area contributed by atoms with E-state index in [1.165, 1.54) is 0 Å². The van der Waals surface area contributed by atoms with Crippen molar-refractivity contribution in [2.45, 2.75) is 0 Å². The summed E-state index contributed by atoms with van der Waals surface area (Å²) < 4.78 is 0. The first-order valence-electron chi connectivity index (χ1n) is 6.67. The smallest absolute Gasteiger partial charge is 0.0924 e. The van der Waals surface area contributed by atoms with Crippen LogP contribution < -0.4 is 0 Å². The Morgan fingerprint density at radius 3 is 1.56 bits per heavy atom. The second-order valence-electron chi connectivity index (χ2n) is 5.00. The van der Waals surface area contributed by atoms with Crippen LogP contribution in [0.5, 0.6) is 0 Å². The van der Waals surface area contributed by atoms with Gasteiger partial charge in [-0.2, -0.15) is 30.7 Å². The zero-order valence-electron chi connectivity index (χ0n) is 10.4. The molecule has 18 heavy (non-hydrogen) atoms. The Balaban J connectivity index is 1.66. The summed E-state index contributed by atoms with van der Waals surface area (Å²) in [6.07, 6.45) is 31.3. The van der Waals surface area contributed by atoms with Crippen LogP contribution >= 0.6 is 0 Å². The summed E-state index contributed by atoms with van der Waals surface area (Å²) >= 11 is 0. The van der Waals surface area contributed by atoms with Gasteiger partial charge in [-0.25, -0.2) is 0 Å². The molecule has 0 atom stereocenters. The van der Waals surface area contributed by atoms with Crippen LogP contribution in [0.2, 0.25) is 0 Å². The van der Waals surface area contributed by atoms with Crippen molar-refractivity contribution in [1.29, 1.82) is 0 Å². The minimum atomic E-state index is 0.519. The molecule has 0 N–H and O–H groups in total. The quantitative estimate of drug-likeness (QED) is 0.495. The van der Waals surface area contributed by atoms with E-state index in [9.17, 15) is 0 Å². The lowest BCUT2D eigenvalue weighted by Crippen LogP contribution is -2.15. The fourth-order valence-corrected chi connectivity index (χ4v) is 2.69. The molecular weight excluding hydrogens is 216 g/mol. The van der Waals surface area contributed by atoms with E-state index in [-0.39, 0.29) is 0 Å². The molecule has 0 saturated heterocycles. The zero-order chi connectivity index (χ0) is 12.2. The average molecular weight is 234 g/mol. The van der Waals surface area contributed by atoms with Crippen LogP contribution in [0.25, 0.3) is 0 Å². The van der Waals surface area contributed by atoms with Crippen LogP contribution in [0.4, 0.5) is 0 Å². The third-order valence-electron chi connectivity index (χ3n) is 3.78. The molecule has 0 saturated carbocycles. The van der Waals surface area contributed by atoms with Crippen molar-refractivity contribution in [2.24, 2.45) is 23.7 Å². The van der Waals surface area contributed by atoms with Crippen molar-refractivity contribution in [3.63, 3.8) is 0 Å². The van der Waals surface area contributed by atoms with E-state index in [0.29, 0.717) is 23.7 Å². The van der Waals surface area contributed by atoms with E-state index in [0.717, 1.165) is 0 Å². The molecule has 0 amide bonds. The molecule has 0 spiro atoms. The van der Waals surface area contributed by atoms with E-state index in [1.54, 1.807) is 0 Å². The van der Waals surface area contributed by atoms with Crippen molar-refractivity contribution in [1.82, 2.24) is 0 Å². The van der Waals surface area contributed by atoms with Crippen LogP contribution in [0.3, 0.4) is 0 Å². The van der Waals surface area contributed by atoms with Gasteiger partial charge in [0.05, 0.1) is 5.92 Å². The van der Waals surface area contributed by atoms with Gasteiger partial charge in [0.25, 0.3) is 0 Å². The SMILES string of the molecule is C1=CC(C2C=CC(C3C=C[CH-]C=C3)C=C2)C=C[CH+]1. The number of allylic oxidation sites excluding steroid dienone is 12. The highest BCUT2D eigenvalue weighted by Gasteiger charge is 2.21. The minimum absolute atomic E-state index is 0.519. The van der Waals surface area contributed by atoms with E-state index in [2.05, 4.69) is 85.8 Å². The van der Waals surface area contributed by atoms with Gasteiger partial charge in [-0.1, -0.05) is 30.2 Å². The maximum Gasteiger partial charge on any atom is 0.0924 e. The normalized spacial score (nSPS) is 30.4. The third-order valence-corrected chi connectivity index (χ3v) is 3.78. The van der Waals surface area contributed by atoms with Gasteiger partial charge in [-0.3, -0.25) is 0 Å². The highest BCUT2D eigenvalue weighted by molar-refractivity contribution is 5.29. The fraction of sp³-hybridized carbons (Fsp3) is 0.222. The van der Waals surface area contributed by atoms with E-state index >= 15 is 0 Å². The number of rotatable bonds is 2. The molecule has 0 aliphatic heterocycles. The molecule has 3 aliphatic rings. The van der Waals surface area contributed by atoms with Crippen molar-refractivity contribution in [3.8, 4) is 0 Å². The summed E-state index contributed by atoms with van der Waals surface area (Å²) in [5.41, 5.74) is 0. The molecule has 3 rings (SSSR count). The molecule has 0 bridgehead atoms. The zero-order valence-corrected chi connectivity index (χ0v) is 10.4. The molecule has 0 nitrogen and oxygen atoms in total. The van der Waals surface area contributed by atoms with Gasteiger partial charge in [0.1, 0.15) is 0 Å². The van der Waals surface area contributed by atoms with Crippen LogP contribution in [-0.4, -0.2) is 0 Å². The first-order chi connectivity index (χ1) is 8.93. The monoisotopic (exact) mass is 234 g/mol. The second kappa shape index (κ2) is 5.22. The van der Waals surface area contributed by atoms with Crippen LogP contribution in [-0.2, 0) is 0 Å². The molecule has 3 aliphatic carbocycles. The predicted octanol–water partition coefficient (Wildman–Crippen LogP) is 4.24. The Hall–Kier alpha value is -1.82. The van der Waals surface area contributed by atoms with E-state index in [4.69, 9.17) is 0 Å². The van der Waals surface area contributed by atoms with E-state index < -0.39 is 0 Å². The Morgan fingerprint density at radius 1 is 0.556 bits per heavy atom. The van der Waals surface area contributed by atoms with Gasteiger partial charge in [-0.05, 0) is 5.92 Å². The van der Waals surface area contributed by atoms with Crippen molar-refractivity contribution in [2.75, 3.05) is 0 Å². The van der Waals surface area contributed by atoms with Crippen LogP contribution in [0.1, 0.15) is 0 Å². The molecule has 0 heteroatoms. The van der Waals surface area contributed by atoms with E-state index in [1.807, 2.05) is 0 Å². The summed E-state index contributed by atoms with van der Waals surface area (Å²) in [4.78, 5) is 0. The van der Waals surface area contributed by atoms with Gasteiger partial charge in [-0.15, -0.1) is 0 Å². The Bertz CT molecular complexity index is 376. The first-order valence-corrected chi connectivity index (χ1v) is 6.67. The molecule has 0 aromatic heterocycles. The van der Waals surface area contributed by atoms with Gasteiger partial charge < -0.3 is 0 Å². The van der Waals surface area contributed by atoms with Gasteiger partial charge in [0, 0.05) is 36.6 Å². The van der Waals surface area contributed by atoms with Crippen molar-refractivity contribution < 1.29 is 0 Å². The largest absolute Gasteiger partial charge is 0.183 e. The summed E-state index contributed by atoms with van der Waals surface area (Å²) in [5, 5.41) is 0. The molecule has 0 aromatic carbocycles. The third kappa shape index (κ3) is 2.38. The summed E-state index contributed by atoms with van der Waals surface area (Å²) in [6, 6.07) is 0. The lowest BCUT2D eigenvalue weighted by molar-refractivity contribution is 0.604. The molecule has 0 fully saturated rings.